The Labute approximate surface area is 124 Å². The Bertz CT molecular complexity index is 380. The largest absolute Gasteiger partial charge is 0.348 e. The molecule has 0 fully saturated rings. The summed E-state index contributed by atoms with van der Waals surface area (Å²) in [6.45, 7) is 1.85. The molecule has 0 radical (unpaired) electrons. The Morgan fingerprint density at radius 3 is 2.00 bits per heavy atom. The molecule has 19 heavy (non-hydrogen) atoms. The minimum atomic E-state index is -3.63. The van der Waals surface area contributed by atoms with Gasteiger partial charge in [-0.2, -0.15) is 0 Å². The fourth-order valence-corrected chi connectivity index (χ4v) is 5.12. The molecule has 0 aromatic carbocycles. The minimum absolute atomic E-state index is 0.00672. The van der Waals surface area contributed by atoms with Crippen molar-refractivity contribution in [2.24, 2.45) is 0 Å². The second-order valence-corrected chi connectivity index (χ2v) is 8.53. The van der Waals surface area contributed by atoms with Gasteiger partial charge >= 0.3 is 7.60 Å². The van der Waals surface area contributed by atoms with Gasteiger partial charge < -0.3 is 9.05 Å². The van der Waals surface area contributed by atoms with Crippen molar-refractivity contribution in [1.82, 2.24) is 4.72 Å². The molecule has 10 heteroatoms. The van der Waals surface area contributed by atoms with Crippen LogP contribution in [0.5, 0.6) is 0 Å². The average Bonchev–Trinajstić information content (AvgIpc) is 2.32. The van der Waals surface area contributed by atoms with E-state index in [-0.39, 0.29) is 25.0 Å². The van der Waals surface area contributed by atoms with E-state index in [0.717, 1.165) is 6.26 Å². The summed E-state index contributed by atoms with van der Waals surface area (Å²) in [6.07, 6.45) is 1.93. The quantitative estimate of drug-likeness (QED) is 0.454. The highest BCUT2D eigenvalue weighted by atomic mass is 35.5. The Morgan fingerprint density at radius 2 is 1.68 bits per heavy atom. The Balaban J connectivity index is 5.05. The highest BCUT2D eigenvalue weighted by Gasteiger charge is 2.37. The van der Waals surface area contributed by atoms with Crippen LogP contribution in [0.25, 0.3) is 0 Å². The first-order valence-electron chi connectivity index (χ1n) is 5.77. The monoisotopic (exact) mass is 355 g/mol. The van der Waals surface area contributed by atoms with Crippen molar-refractivity contribution in [3.63, 3.8) is 0 Å². The van der Waals surface area contributed by atoms with Gasteiger partial charge in [0.2, 0.25) is 10.0 Å². The molecule has 0 saturated heterocycles. The average molecular weight is 356 g/mol. The normalized spacial score (nSPS) is 14.5. The SMILES string of the molecule is CCCC(NS(C)(=O)=O)P(=O)(OCCCl)OCCCl. The summed E-state index contributed by atoms with van der Waals surface area (Å²) in [5.74, 6) is -0.670. The molecule has 0 aromatic heterocycles. The van der Waals surface area contributed by atoms with Gasteiger partial charge in [0, 0.05) is 11.8 Å². The molecule has 1 unspecified atom stereocenters. The summed E-state index contributed by atoms with van der Waals surface area (Å²) < 4.78 is 47.8. The highest BCUT2D eigenvalue weighted by Crippen LogP contribution is 2.53. The van der Waals surface area contributed by atoms with Crippen LogP contribution in [-0.4, -0.2) is 45.4 Å². The minimum Gasteiger partial charge on any atom is -0.306 e. The van der Waals surface area contributed by atoms with E-state index in [1.807, 2.05) is 6.92 Å². The third-order valence-electron chi connectivity index (χ3n) is 1.99. The van der Waals surface area contributed by atoms with Crippen LogP contribution < -0.4 is 4.72 Å². The van der Waals surface area contributed by atoms with Crippen LogP contribution in [0.2, 0.25) is 0 Å². The van der Waals surface area contributed by atoms with Gasteiger partial charge in [-0.15, -0.1) is 23.2 Å². The fourth-order valence-electron chi connectivity index (χ4n) is 1.34. The molecule has 0 rings (SSSR count). The number of hydrogen-bond donors (Lipinski definition) is 1. The molecule has 116 valence electrons. The number of sulfonamides is 1. The smallest absolute Gasteiger partial charge is 0.306 e. The number of alkyl halides is 2. The second kappa shape index (κ2) is 9.55. The van der Waals surface area contributed by atoms with Crippen LogP contribution in [0.1, 0.15) is 19.8 Å². The van der Waals surface area contributed by atoms with Gasteiger partial charge in [0.05, 0.1) is 19.5 Å². The summed E-state index contributed by atoms with van der Waals surface area (Å²) in [4.78, 5) is 0. The molecule has 0 saturated carbocycles. The number of rotatable bonds is 11. The maximum Gasteiger partial charge on any atom is 0.348 e. The predicted octanol–water partition coefficient (Wildman–Crippen LogP) is 2.37. The van der Waals surface area contributed by atoms with Crippen molar-refractivity contribution >= 4 is 40.8 Å². The molecular formula is C9H20Cl2NO5PS. The van der Waals surface area contributed by atoms with E-state index in [1.165, 1.54) is 0 Å². The van der Waals surface area contributed by atoms with Crippen LogP contribution in [-0.2, 0) is 23.6 Å². The van der Waals surface area contributed by atoms with Crippen molar-refractivity contribution in [3.05, 3.63) is 0 Å². The third kappa shape index (κ3) is 8.50. The lowest BCUT2D eigenvalue weighted by Gasteiger charge is -2.26. The lowest BCUT2D eigenvalue weighted by Crippen LogP contribution is -2.35. The van der Waals surface area contributed by atoms with Gasteiger partial charge in [0.15, 0.2) is 0 Å². The van der Waals surface area contributed by atoms with E-state index in [9.17, 15) is 13.0 Å². The topological polar surface area (TPSA) is 81.7 Å². The summed E-state index contributed by atoms with van der Waals surface area (Å²) in [5, 5.41) is 0. The third-order valence-corrected chi connectivity index (χ3v) is 5.42. The zero-order valence-corrected chi connectivity index (χ0v) is 14.2. The van der Waals surface area contributed by atoms with Crippen molar-refractivity contribution in [1.29, 1.82) is 0 Å². The summed E-state index contributed by atoms with van der Waals surface area (Å²) in [5.41, 5.74) is 0. The highest BCUT2D eigenvalue weighted by molar-refractivity contribution is 7.89. The maximum atomic E-state index is 12.6. The van der Waals surface area contributed by atoms with Gasteiger partial charge in [-0.25, -0.2) is 13.1 Å². The summed E-state index contributed by atoms with van der Waals surface area (Å²) >= 11 is 11.0. The zero-order chi connectivity index (χ0) is 14.9. The van der Waals surface area contributed by atoms with Crippen molar-refractivity contribution in [3.8, 4) is 0 Å². The van der Waals surface area contributed by atoms with Crippen molar-refractivity contribution < 1.29 is 22.0 Å². The summed E-state index contributed by atoms with van der Waals surface area (Å²) in [6, 6.07) is 0. The molecule has 0 heterocycles. The van der Waals surface area contributed by atoms with Crippen LogP contribution in [0.3, 0.4) is 0 Å². The molecule has 0 bridgehead atoms. The fraction of sp³-hybridized carbons (Fsp3) is 1.00. The van der Waals surface area contributed by atoms with E-state index in [2.05, 4.69) is 4.72 Å². The van der Waals surface area contributed by atoms with Crippen LogP contribution in [0.15, 0.2) is 0 Å². The molecule has 0 aliphatic carbocycles. The van der Waals surface area contributed by atoms with E-state index in [4.69, 9.17) is 32.2 Å². The van der Waals surface area contributed by atoms with E-state index >= 15 is 0 Å². The molecule has 1 N–H and O–H groups in total. The van der Waals surface area contributed by atoms with E-state index in [1.54, 1.807) is 0 Å². The van der Waals surface area contributed by atoms with Crippen LogP contribution in [0.4, 0.5) is 0 Å². The molecule has 0 amide bonds. The standard InChI is InChI=1S/C9H20Cl2NO5PS/c1-3-4-9(12-19(2,14)15)18(13,16-7-5-10)17-8-6-11/h9,12H,3-8H2,1-2H3. The molecular weight excluding hydrogens is 336 g/mol. The first-order valence-corrected chi connectivity index (χ1v) is 10.3. The number of hydrogen-bond acceptors (Lipinski definition) is 5. The van der Waals surface area contributed by atoms with E-state index < -0.39 is 23.4 Å². The molecule has 0 aliphatic rings. The van der Waals surface area contributed by atoms with Gasteiger partial charge in [0.25, 0.3) is 0 Å². The Kier molecular flexibility index (Phi) is 9.88. The molecule has 6 nitrogen and oxygen atoms in total. The molecule has 0 spiro atoms. The maximum absolute atomic E-state index is 12.6. The number of halogens is 2. The van der Waals surface area contributed by atoms with Gasteiger partial charge in [0.1, 0.15) is 5.78 Å². The van der Waals surface area contributed by atoms with Gasteiger partial charge in [-0.05, 0) is 6.42 Å². The van der Waals surface area contributed by atoms with Crippen molar-refractivity contribution in [2.45, 2.75) is 25.5 Å². The predicted molar refractivity (Wildman–Crippen MR) is 77.6 cm³/mol. The van der Waals surface area contributed by atoms with Crippen LogP contribution in [0, 0.1) is 0 Å². The van der Waals surface area contributed by atoms with E-state index in [0.29, 0.717) is 12.8 Å². The molecule has 1 atom stereocenters. The van der Waals surface area contributed by atoms with Crippen molar-refractivity contribution in [2.75, 3.05) is 31.2 Å². The van der Waals surface area contributed by atoms with Gasteiger partial charge in [-0.1, -0.05) is 13.3 Å². The second-order valence-electron chi connectivity index (χ2n) is 3.78. The Morgan fingerprint density at radius 1 is 1.21 bits per heavy atom. The molecule has 0 aromatic rings. The number of nitrogens with one attached hydrogen (secondary N) is 1. The Hall–Kier alpha value is 0.640. The zero-order valence-electron chi connectivity index (χ0n) is 11.0. The summed E-state index contributed by atoms with van der Waals surface area (Å²) in [7, 11) is -7.16. The lowest BCUT2D eigenvalue weighted by atomic mass is 10.3. The first-order chi connectivity index (χ1) is 8.79. The van der Waals surface area contributed by atoms with Gasteiger partial charge in [-0.3, -0.25) is 4.57 Å². The first kappa shape index (κ1) is 19.6. The van der Waals surface area contributed by atoms with Crippen LogP contribution >= 0.6 is 30.8 Å². The molecule has 0 aliphatic heterocycles. The lowest BCUT2D eigenvalue weighted by molar-refractivity contribution is 0.210.